The van der Waals surface area contributed by atoms with E-state index >= 15 is 0 Å². The van der Waals surface area contributed by atoms with Crippen LogP contribution in [-0.2, 0) is 19.1 Å². The zero-order chi connectivity index (χ0) is 27.9. The van der Waals surface area contributed by atoms with E-state index in [1.54, 1.807) is 14.2 Å². The van der Waals surface area contributed by atoms with Gasteiger partial charge >= 0.3 is 5.97 Å². The predicted molar refractivity (Wildman–Crippen MR) is 148 cm³/mol. The van der Waals surface area contributed by atoms with Crippen molar-refractivity contribution in [2.75, 3.05) is 40.6 Å². The van der Waals surface area contributed by atoms with E-state index in [1.807, 2.05) is 63.2 Å². The van der Waals surface area contributed by atoms with Crippen LogP contribution in [-0.4, -0.2) is 58.1 Å². The molecule has 0 N–H and O–H groups in total. The smallest absolute Gasteiger partial charge is 0.315 e. The fourth-order valence-electron chi connectivity index (χ4n) is 5.47. The van der Waals surface area contributed by atoms with Crippen LogP contribution in [0.5, 0.6) is 17.2 Å². The van der Waals surface area contributed by atoms with Crippen LogP contribution in [0.1, 0.15) is 56.6 Å². The molecule has 8 heteroatoms. The third-order valence-electron chi connectivity index (χ3n) is 7.23. The van der Waals surface area contributed by atoms with E-state index in [2.05, 4.69) is 0 Å². The number of nitrogens with zero attached hydrogens (tertiary/aromatic N) is 1. The maximum Gasteiger partial charge on any atom is 0.315 e. The Balaban J connectivity index is 1.73. The molecule has 8 nitrogen and oxygen atoms in total. The van der Waals surface area contributed by atoms with Crippen molar-refractivity contribution in [3.05, 3.63) is 64.9 Å². The summed E-state index contributed by atoms with van der Waals surface area (Å²) in [4.78, 5) is 32.1. The van der Waals surface area contributed by atoms with Crippen molar-refractivity contribution in [3.63, 3.8) is 0 Å². The first-order valence-corrected chi connectivity index (χ1v) is 13.4. The van der Waals surface area contributed by atoms with Gasteiger partial charge in [-0.15, -0.1) is 0 Å². The quantitative estimate of drug-likeness (QED) is 0.286. The molecule has 4 rings (SSSR count). The van der Waals surface area contributed by atoms with E-state index in [9.17, 15) is 9.59 Å². The van der Waals surface area contributed by atoms with Crippen molar-refractivity contribution in [3.8, 4) is 17.2 Å². The van der Waals surface area contributed by atoms with Crippen LogP contribution in [0, 0.1) is 5.92 Å². The Morgan fingerprint density at radius 2 is 1.74 bits per heavy atom. The topological polar surface area (TPSA) is 92.7 Å². The minimum Gasteiger partial charge on any atom is -0.494 e. The van der Waals surface area contributed by atoms with Crippen LogP contribution in [0.25, 0.3) is 0 Å². The Morgan fingerprint density at radius 1 is 0.949 bits per heavy atom. The van der Waals surface area contributed by atoms with Gasteiger partial charge in [0.1, 0.15) is 18.3 Å². The summed E-state index contributed by atoms with van der Waals surface area (Å²) < 4.78 is 27.6. The van der Waals surface area contributed by atoms with Gasteiger partial charge in [-0.25, -0.2) is 0 Å². The van der Waals surface area contributed by atoms with E-state index in [-0.39, 0.29) is 18.3 Å². The molecule has 0 amide bonds. The number of ketones is 1. The standard InChI is InChI=1S/C31H37NO7/c1-6-37-13-14-39-31(34)28-19(3)32-24-16-22(20-11-12-26(35-4)27(18-20)36-5)17-25(33)30(24)29(28)21-9-8-10-23(15-21)38-7-2/h8-12,15,18,22,28-29H,6-7,13-14,16-17H2,1-5H3/t22-,28?,29+/m1/s1. The summed E-state index contributed by atoms with van der Waals surface area (Å²) >= 11 is 0. The van der Waals surface area contributed by atoms with Gasteiger partial charge in [-0.3, -0.25) is 14.6 Å². The molecule has 0 spiro atoms. The summed E-state index contributed by atoms with van der Waals surface area (Å²) in [5.41, 5.74) is 3.73. The first-order valence-electron chi connectivity index (χ1n) is 13.4. The van der Waals surface area contributed by atoms with Gasteiger partial charge in [-0.1, -0.05) is 18.2 Å². The van der Waals surface area contributed by atoms with Crippen molar-refractivity contribution in [1.29, 1.82) is 0 Å². The number of rotatable bonds is 11. The molecule has 3 atom stereocenters. The molecule has 1 aliphatic carbocycles. The van der Waals surface area contributed by atoms with Crippen LogP contribution < -0.4 is 14.2 Å². The van der Waals surface area contributed by atoms with Gasteiger partial charge in [0.2, 0.25) is 0 Å². The number of hydrogen-bond acceptors (Lipinski definition) is 8. The average molecular weight is 536 g/mol. The molecule has 1 aliphatic heterocycles. The molecular formula is C31H37NO7. The number of aliphatic imine (C=N–C) groups is 1. The highest BCUT2D eigenvalue weighted by molar-refractivity contribution is 6.09. The van der Waals surface area contributed by atoms with Crippen LogP contribution >= 0.6 is 0 Å². The molecule has 0 saturated heterocycles. The maximum atomic E-state index is 13.9. The third kappa shape index (κ3) is 6.17. The lowest BCUT2D eigenvalue weighted by Crippen LogP contribution is -2.38. The number of carbonyl (C=O) groups is 2. The lowest BCUT2D eigenvalue weighted by Gasteiger charge is -2.36. The van der Waals surface area contributed by atoms with E-state index in [0.29, 0.717) is 66.9 Å². The highest BCUT2D eigenvalue weighted by atomic mass is 16.6. The van der Waals surface area contributed by atoms with E-state index in [4.69, 9.17) is 28.7 Å². The Bertz CT molecular complexity index is 1270. The number of hydrogen-bond donors (Lipinski definition) is 0. The summed E-state index contributed by atoms with van der Waals surface area (Å²) in [7, 11) is 3.19. The van der Waals surface area contributed by atoms with Crippen molar-refractivity contribution in [2.45, 2.75) is 45.4 Å². The molecule has 2 aliphatic rings. The number of benzene rings is 2. The van der Waals surface area contributed by atoms with Crippen molar-refractivity contribution >= 4 is 17.5 Å². The van der Waals surface area contributed by atoms with Gasteiger partial charge in [-0.05, 0) is 68.5 Å². The third-order valence-corrected chi connectivity index (χ3v) is 7.23. The Labute approximate surface area is 230 Å². The number of esters is 1. The number of Topliss-reactive ketones (excluding diaryl/α,β-unsaturated/α-hetero) is 1. The van der Waals surface area contributed by atoms with Crippen LogP contribution in [0.3, 0.4) is 0 Å². The van der Waals surface area contributed by atoms with Gasteiger partial charge in [0, 0.05) is 35.9 Å². The lowest BCUT2D eigenvalue weighted by atomic mass is 9.69. The van der Waals surface area contributed by atoms with E-state index in [1.165, 1.54) is 0 Å². The minimum absolute atomic E-state index is 0.0220. The Morgan fingerprint density at radius 3 is 2.46 bits per heavy atom. The van der Waals surface area contributed by atoms with Gasteiger partial charge in [-0.2, -0.15) is 0 Å². The van der Waals surface area contributed by atoms with Crippen LogP contribution in [0.15, 0.2) is 58.7 Å². The van der Waals surface area contributed by atoms with Crippen LogP contribution in [0.4, 0.5) is 0 Å². The fourth-order valence-corrected chi connectivity index (χ4v) is 5.47. The first-order chi connectivity index (χ1) is 18.9. The number of methoxy groups -OCH3 is 2. The fraction of sp³-hybridized carbons (Fsp3) is 0.452. The molecule has 0 fully saturated rings. The molecule has 0 bridgehead atoms. The number of allylic oxidation sites excluding steroid dienone is 2. The average Bonchev–Trinajstić information content (AvgIpc) is 2.94. The predicted octanol–water partition coefficient (Wildman–Crippen LogP) is 5.26. The summed E-state index contributed by atoms with van der Waals surface area (Å²) in [5, 5.41) is 0. The molecule has 0 saturated carbocycles. The van der Waals surface area contributed by atoms with Crippen molar-refractivity contribution < 1.29 is 33.3 Å². The van der Waals surface area contributed by atoms with Crippen LogP contribution in [0.2, 0.25) is 0 Å². The van der Waals surface area contributed by atoms with Gasteiger partial charge in [0.25, 0.3) is 0 Å². The Hall–Kier alpha value is -3.65. The molecule has 0 radical (unpaired) electrons. The molecule has 0 aromatic heterocycles. The summed E-state index contributed by atoms with van der Waals surface area (Å²) in [6, 6.07) is 13.3. The molecule has 2 aromatic carbocycles. The zero-order valence-electron chi connectivity index (χ0n) is 23.3. The maximum absolute atomic E-state index is 13.9. The first kappa shape index (κ1) is 28.4. The summed E-state index contributed by atoms with van der Waals surface area (Å²) in [6.45, 7) is 7.15. The molecule has 1 heterocycles. The molecule has 2 aromatic rings. The van der Waals surface area contributed by atoms with Crippen molar-refractivity contribution in [1.82, 2.24) is 0 Å². The van der Waals surface area contributed by atoms with E-state index in [0.717, 1.165) is 11.1 Å². The highest BCUT2D eigenvalue weighted by Gasteiger charge is 2.45. The SMILES string of the molecule is CCOCCOC(=O)C1C(C)=NC2=C(C(=O)C[C@H](c3ccc(OC)c(OC)c3)C2)[C@H]1c1cccc(OCC)c1. The van der Waals surface area contributed by atoms with Crippen molar-refractivity contribution in [2.24, 2.45) is 10.9 Å². The zero-order valence-corrected chi connectivity index (χ0v) is 23.3. The van der Waals surface area contributed by atoms with Gasteiger partial charge < -0.3 is 23.7 Å². The second-order valence-corrected chi connectivity index (χ2v) is 9.58. The van der Waals surface area contributed by atoms with Gasteiger partial charge in [0.05, 0.1) is 27.4 Å². The number of ether oxygens (including phenoxy) is 5. The second kappa shape index (κ2) is 12.9. The summed E-state index contributed by atoms with van der Waals surface area (Å²) in [6.07, 6.45) is 0.873. The molecule has 39 heavy (non-hydrogen) atoms. The lowest BCUT2D eigenvalue weighted by molar-refractivity contribution is -0.148. The normalized spacial score (nSPS) is 20.7. The largest absolute Gasteiger partial charge is 0.494 e. The minimum atomic E-state index is -0.719. The summed E-state index contributed by atoms with van der Waals surface area (Å²) in [5.74, 6) is 0.196. The van der Waals surface area contributed by atoms with Gasteiger partial charge in [0.15, 0.2) is 17.3 Å². The van der Waals surface area contributed by atoms with E-state index < -0.39 is 17.8 Å². The monoisotopic (exact) mass is 535 g/mol. The Kier molecular flexibility index (Phi) is 9.41. The highest BCUT2D eigenvalue weighted by Crippen LogP contribution is 2.48. The second-order valence-electron chi connectivity index (χ2n) is 9.58. The molecule has 208 valence electrons. The number of carbonyl (C=O) groups excluding carboxylic acids is 2. The molecule has 1 unspecified atom stereocenters. The molecular weight excluding hydrogens is 498 g/mol.